The summed E-state index contributed by atoms with van der Waals surface area (Å²) < 4.78 is 13.3. The van der Waals surface area contributed by atoms with Crippen LogP contribution in [0.2, 0.25) is 5.02 Å². The summed E-state index contributed by atoms with van der Waals surface area (Å²) in [5.41, 5.74) is 1.91. The smallest absolute Gasteiger partial charge is 0.254 e. The van der Waals surface area contributed by atoms with Crippen LogP contribution in [0.25, 0.3) is 11.3 Å². The molecule has 1 aliphatic rings. The van der Waals surface area contributed by atoms with Crippen LogP contribution in [0.5, 0.6) is 0 Å². The third-order valence-electron chi connectivity index (χ3n) is 6.26. The van der Waals surface area contributed by atoms with E-state index in [1.807, 2.05) is 50.2 Å². The molecule has 1 aliphatic heterocycles. The standard InChI is InChI=1S/C28H31ClFN5O2/c1-20(2)18-35(28(37)21-8-10-22(30)11-9-21)19-27(36)34-15-5-14-33(16-17-34)26-13-12-25(31-32-26)23-6-3-4-7-24(23)29/h3-4,6-13,20H,5,14-19H2,1-2H3. The fourth-order valence-corrected chi connectivity index (χ4v) is 4.63. The van der Waals surface area contributed by atoms with Gasteiger partial charge in [0, 0.05) is 43.9 Å². The van der Waals surface area contributed by atoms with Gasteiger partial charge in [0.05, 0.1) is 10.7 Å². The average Bonchev–Trinajstić information content (AvgIpc) is 3.15. The second-order valence-electron chi connectivity index (χ2n) is 9.56. The summed E-state index contributed by atoms with van der Waals surface area (Å²) >= 11 is 6.28. The Morgan fingerprint density at radius 1 is 0.973 bits per heavy atom. The topological polar surface area (TPSA) is 69.6 Å². The van der Waals surface area contributed by atoms with Gasteiger partial charge in [0.15, 0.2) is 5.82 Å². The summed E-state index contributed by atoms with van der Waals surface area (Å²) in [7, 11) is 0. The maximum Gasteiger partial charge on any atom is 0.254 e. The average molecular weight is 524 g/mol. The molecule has 1 aromatic heterocycles. The first-order valence-electron chi connectivity index (χ1n) is 12.5. The van der Waals surface area contributed by atoms with Crippen LogP contribution >= 0.6 is 11.6 Å². The van der Waals surface area contributed by atoms with Gasteiger partial charge in [-0.25, -0.2) is 4.39 Å². The molecule has 4 rings (SSSR count). The molecule has 2 amide bonds. The summed E-state index contributed by atoms with van der Waals surface area (Å²) in [6, 6.07) is 16.8. The Morgan fingerprint density at radius 3 is 2.41 bits per heavy atom. The molecule has 0 spiro atoms. The normalized spacial score (nSPS) is 14.0. The first-order chi connectivity index (χ1) is 17.8. The van der Waals surface area contributed by atoms with Crippen molar-refractivity contribution in [3.8, 4) is 11.3 Å². The monoisotopic (exact) mass is 523 g/mol. The van der Waals surface area contributed by atoms with E-state index in [-0.39, 0.29) is 24.3 Å². The lowest BCUT2D eigenvalue weighted by atomic mass is 10.1. The minimum Gasteiger partial charge on any atom is -0.353 e. The molecule has 3 aromatic rings. The van der Waals surface area contributed by atoms with Crippen LogP contribution in [0.15, 0.2) is 60.7 Å². The van der Waals surface area contributed by atoms with Gasteiger partial charge in [0.2, 0.25) is 5.91 Å². The largest absolute Gasteiger partial charge is 0.353 e. The van der Waals surface area contributed by atoms with Crippen molar-refractivity contribution in [3.05, 3.63) is 77.1 Å². The number of amides is 2. The fourth-order valence-electron chi connectivity index (χ4n) is 4.40. The van der Waals surface area contributed by atoms with Gasteiger partial charge in [-0.1, -0.05) is 43.6 Å². The maximum absolute atomic E-state index is 13.3. The molecule has 1 saturated heterocycles. The Kier molecular flexibility index (Phi) is 8.71. The number of carbonyl (C=O) groups excluding carboxylic acids is 2. The highest BCUT2D eigenvalue weighted by atomic mass is 35.5. The molecule has 0 aliphatic carbocycles. The van der Waals surface area contributed by atoms with Crippen molar-refractivity contribution in [2.24, 2.45) is 5.92 Å². The van der Waals surface area contributed by atoms with Gasteiger partial charge in [-0.2, -0.15) is 0 Å². The van der Waals surface area contributed by atoms with Crippen molar-refractivity contribution in [3.63, 3.8) is 0 Å². The molecule has 194 valence electrons. The van der Waals surface area contributed by atoms with Crippen LogP contribution in [-0.4, -0.2) is 71.1 Å². The zero-order valence-electron chi connectivity index (χ0n) is 21.1. The summed E-state index contributed by atoms with van der Waals surface area (Å²) in [6.45, 7) is 6.90. The van der Waals surface area contributed by atoms with Gasteiger partial charge in [-0.3, -0.25) is 9.59 Å². The van der Waals surface area contributed by atoms with Gasteiger partial charge in [-0.15, -0.1) is 10.2 Å². The Balaban J connectivity index is 1.39. The highest BCUT2D eigenvalue weighted by Crippen LogP contribution is 2.26. The molecule has 2 aromatic carbocycles. The molecule has 37 heavy (non-hydrogen) atoms. The lowest BCUT2D eigenvalue weighted by Crippen LogP contribution is -2.45. The number of anilines is 1. The van der Waals surface area contributed by atoms with E-state index >= 15 is 0 Å². The van der Waals surface area contributed by atoms with E-state index in [2.05, 4.69) is 15.1 Å². The molecule has 9 heteroatoms. The zero-order valence-corrected chi connectivity index (χ0v) is 21.9. The van der Waals surface area contributed by atoms with Crippen molar-refractivity contribution in [1.82, 2.24) is 20.0 Å². The van der Waals surface area contributed by atoms with Gasteiger partial charge >= 0.3 is 0 Å². The predicted molar refractivity (Wildman–Crippen MR) is 143 cm³/mol. The zero-order chi connectivity index (χ0) is 26.4. The molecule has 7 nitrogen and oxygen atoms in total. The number of aromatic nitrogens is 2. The number of benzene rings is 2. The van der Waals surface area contributed by atoms with E-state index < -0.39 is 5.82 Å². The second-order valence-corrected chi connectivity index (χ2v) is 9.97. The first kappa shape index (κ1) is 26.5. The van der Waals surface area contributed by atoms with E-state index in [9.17, 15) is 14.0 Å². The Labute approximate surface area is 221 Å². The Morgan fingerprint density at radius 2 is 1.73 bits per heavy atom. The van der Waals surface area contributed by atoms with Gasteiger partial charge in [-0.05, 0) is 54.8 Å². The molecule has 0 radical (unpaired) electrons. The minimum atomic E-state index is -0.402. The van der Waals surface area contributed by atoms with E-state index in [1.54, 1.807) is 9.80 Å². The highest BCUT2D eigenvalue weighted by Gasteiger charge is 2.25. The predicted octanol–water partition coefficient (Wildman–Crippen LogP) is 4.77. The second kappa shape index (κ2) is 12.1. The minimum absolute atomic E-state index is 0.0132. The molecular formula is C28H31ClFN5O2. The number of halogens is 2. The van der Waals surface area contributed by atoms with Crippen molar-refractivity contribution in [2.75, 3.05) is 44.2 Å². The van der Waals surface area contributed by atoms with Crippen molar-refractivity contribution >= 4 is 29.2 Å². The lowest BCUT2D eigenvalue weighted by Gasteiger charge is -2.28. The molecule has 0 saturated carbocycles. The number of nitrogens with zero attached hydrogens (tertiary/aromatic N) is 5. The molecule has 0 atom stereocenters. The molecule has 0 N–H and O–H groups in total. The summed E-state index contributed by atoms with van der Waals surface area (Å²) in [4.78, 5) is 31.8. The van der Waals surface area contributed by atoms with Gasteiger partial charge < -0.3 is 14.7 Å². The third-order valence-corrected chi connectivity index (χ3v) is 6.59. The molecule has 0 bridgehead atoms. The molecule has 2 heterocycles. The van der Waals surface area contributed by atoms with Crippen molar-refractivity contribution in [1.29, 1.82) is 0 Å². The van der Waals surface area contributed by atoms with Crippen LogP contribution in [0.4, 0.5) is 10.2 Å². The van der Waals surface area contributed by atoms with E-state index in [0.717, 1.165) is 24.3 Å². The Hall–Kier alpha value is -3.52. The number of hydrogen-bond acceptors (Lipinski definition) is 5. The first-order valence-corrected chi connectivity index (χ1v) is 12.9. The van der Waals surface area contributed by atoms with Crippen molar-refractivity contribution < 1.29 is 14.0 Å². The maximum atomic E-state index is 13.3. The highest BCUT2D eigenvalue weighted by molar-refractivity contribution is 6.33. The SMILES string of the molecule is CC(C)CN(CC(=O)N1CCCN(c2ccc(-c3ccccc3Cl)nn2)CC1)C(=O)c1ccc(F)cc1. The van der Waals surface area contributed by atoms with Gasteiger partial charge in [0.1, 0.15) is 12.4 Å². The van der Waals surface area contributed by atoms with Crippen LogP contribution in [0.3, 0.4) is 0 Å². The third kappa shape index (κ3) is 6.83. The fraction of sp³-hybridized carbons (Fsp3) is 0.357. The van der Waals surface area contributed by atoms with E-state index in [0.29, 0.717) is 42.5 Å². The number of rotatable bonds is 7. The number of carbonyl (C=O) groups is 2. The molecular weight excluding hydrogens is 493 g/mol. The summed E-state index contributed by atoms with van der Waals surface area (Å²) in [5.74, 6) is 0.160. The number of hydrogen-bond donors (Lipinski definition) is 0. The summed E-state index contributed by atoms with van der Waals surface area (Å²) in [6.07, 6.45) is 0.774. The van der Waals surface area contributed by atoms with Gasteiger partial charge in [0.25, 0.3) is 5.91 Å². The van der Waals surface area contributed by atoms with Crippen LogP contribution < -0.4 is 4.90 Å². The summed E-state index contributed by atoms with van der Waals surface area (Å²) in [5, 5.41) is 9.40. The molecule has 1 fully saturated rings. The van der Waals surface area contributed by atoms with E-state index in [1.165, 1.54) is 24.3 Å². The van der Waals surface area contributed by atoms with Crippen molar-refractivity contribution in [2.45, 2.75) is 20.3 Å². The Bertz CT molecular complexity index is 1220. The quantitative estimate of drug-likeness (QED) is 0.446. The van der Waals surface area contributed by atoms with Crippen LogP contribution in [0, 0.1) is 11.7 Å². The van der Waals surface area contributed by atoms with Crippen LogP contribution in [-0.2, 0) is 4.79 Å². The molecule has 0 unspecified atom stereocenters. The lowest BCUT2D eigenvalue weighted by molar-refractivity contribution is -0.131. The van der Waals surface area contributed by atoms with Crippen LogP contribution in [0.1, 0.15) is 30.6 Å². The van der Waals surface area contributed by atoms with E-state index in [4.69, 9.17) is 11.6 Å².